The molecule has 27 heavy (non-hydrogen) atoms. The maximum atomic E-state index is 12.7. The predicted molar refractivity (Wildman–Crippen MR) is 98.4 cm³/mol. The second kappa shape index (κ2) is 7.68. The maximum Gasteiger partial charge on any atom is 0.292 e. The molecule has 10 nitrogen and oxygen atoms in total. The Balaban J connectivity index is 1.83. The van der Waals surface area contributed by atoms with Crippen LogP contribution in [-0.4, -0.2) is 31.2 Å². The van der Waals surface area contributed by atoms with Gasteiger partial charge in [0.15, 0.2) is 5.69 Å². The Morgan fingerprint density at radius 1 is 1.22 bits per heavy atom. The smallest absolute Gasteiger partial charge is 0.292 e. The number of nitrogens with zero attached hydrogens (tertiary/aromatic N) is 5. The average Bonchev–Trinajstić information content (AvgIpc) is 3.28. The molecular formula is C17H20N8O2. The molecule has 0 unspecified atom stereocenters. The number of allylic oxidation sites excluding steroid dienone is 1. The zero-order valence-electron chi connectivity index (χ0n) is 15.2. The fraction of sp³-hybridized carbons (Fsp3) is 0.235. The Morgan fingerprint density at radius 2 is 1.96 bits per heavy atom. The van der Waals surface area contributed by atoms with Gasteiger partial charge in [-0.2, -0.15) is 4.68 Å². The predicted octanol–water partition coefficient (Wildman–Crippen LogP) is 1.65. The molecule has 4 N–H and O–H groups in total. The van der Waals surface area contributed by atoms with Crippen LogP contribution in [0.2, 0.25) is 0 Å². The molecule has 0 radical (unpaired) electrons. The first-order valence-corrected chi connectivity index (χ1v) is 8.35. The lowest BCUT2D eigenvalue weighted by molar-refractivity contribution is 0.0936. The van der Waals surface area contributed by atoms with Gasteiger partial charge >= 0.3 is 0 Å². The molecule has 0 aliphatic carbocycles. The van der Waals surface area contributed by atoms with Crippen LogP contribution in [0.3, 0.4) is 0 Å². The van der Waals surface area contributed by atoms with Crippen LogP contribution >= 0.6 is 0 Å². The highest BCUT2D eigenvalue weighted by molar-refractivity contribution is 5.93. The van der Waals surface area contributed by atoms with Crippen LogP contribution < -0.4 is 16.6 Å². The molecule has 140 valence electrons. The summed E-state index contributed by atoms with van der Waals surface area (Å²) in [5.74, 6) is -0.258. The molecule has 1 aromatic carbocycles. The van der Waals surface area contributed by atoms with E-state index in [1.807, 2.05) is 57.2 Å². The molecule has 0 saturated heterocycles. The van der Waals surface area contributed by atoms with Crippen molar-refractivity contribution in [1.29, 1.82) is 0 Å². The Hall–Kier alpha value is -3.69. The Labute approximate surface area is 155 Å². The van der Waals surface area contributed by atoms with Gasteiger partial charge in [-0.3, -0.25) is 15.6 Å². The summed E-state index contributed by atoms with van der Waals surface area (Å²) < 4.78 is 5.97. The van der Waals surface area contributed by atoms with Gasteiger partial charge in [-0.05, 0) is 28.7 Å². The minimum absolute atomic E-state index is 0.0622. The molecule has 3 rings (SSSR count). The third-order valence-corrected chi connectivity index (χ3v) is 3.85. The number of aromatic nitrogens is 5. The first-order chi connectivity index (χ1) is 13.0. The van der Waals surface area contributed by atoms with Crippen LogP contribution in [0, 0.1) is 0 Å². The number of amides is 1. The number of carbonyl (C=O) groups excluding carboxylic acids is 1. The fourth-order valence-electron chi connectivity index (χ4n) is 2.58. The number of anilines is 1. The molecule has 2 heterocycles. The van der Waals surface area contributed by atoms with Crippen LogP contribution in [0.4, 0.5) is 5.82 Å². The van der Waals surface area contributed by atoms with Crippen molar-refractivity contribution >= 4 is 17.4 Å². The number of hydrogen-bond acceptors (Lipinski definition) is 8. The molecule has 0 atom stereocenters. The summed E-state index contributed by atoms with van der Waals surface area (Å²) in [4.78, 5) is 12.7. The number of rotatable bonds is 6. The molecule has 2 aromatic heterocycles. The number of nitrogen functional groups attached to an aromatic ring is 1. The van der Waals surface area contributed by atoms with Crippen LogP contribution in [0.25, 0.3) is 11.5 Å². The van der Waals surface area contributed by atoms with E-state index in [0.29, 0.717) is 5.69 Å². The van der Waals surface area contributed by atoms with Gasteiger partial charge in [0, 0.05) is 0 Å². The van der Waals surface area contributed by atoms with Crippen LogP contribution in [0.5, 0.6) is 0 Å². The van der Waals surface area contributed by atoms with E-state index in [9.17, 15) is 4.79 Å². The molecule has 0 fully saturated rings. The van der Waals surface area contributed by atoms with Gasteiger partial charge in [-0.25, -0.2) is 4.63 Å². The molecule has 0 aliphatic rings. The highest BCUT2D eigenvalue weighted by Crippen LogP contribution is 2.22. The van der Waals surface area contributed by atoms with E-state index in [1.165, 1.54) is 4.68 Å². The van der Waals surface area contributed by atoms with E-state index in [1.54, 1.807) is 0 Å². The number of hydrogen-bond donors (Lipinski definition) is 3. The van der Waals surface area contributed by atoms with Crippen molar-refractivity contribution in [3.05, 3.63) is 53.4 Å². The number of nitrogens with one attached hydrogen (secondary N) is 2. The van der Waals surface area contributed by atoms with Crippen LogP contribution in [0.1, 0.15) is 48.4 Å². The van der Waals surface area contributed by atoms with Crippen molar-refractivity contribution in [2.45, 2.75) is 26.7 Å². The zero-order chi connectivity index (χ0) is 19.4. The molecule has 0 spiro atoms. The minimum Gasteiger partial charge on any atom is -0.378 e. The van der Waals surface area contributed by atoms with E-state index in [0.717, 1.165) is 11.3 Å². The van der Waals surface area contributed by atoms with Crippen LogP contribution in [0.15, 0.2) is 41.0 Å². The van der Waals surface area contributed by atoms with E-state index in [2.05, 4.69) is 36.1 Å². The number of carbonyl (C=O) groups is 1. The van der Waals surface area contributed by atoms with Crippen molar-refractivity contribution in [1.82, 2.24) is 36.2 Å². The average molecular weight is 368 g/mol. The Bertz CT molecular complexity index is 958. The van der Waals surface area contributed by atoms with Gasteiger partial charge in [0.25, 0.3) is 5.91 Å². The van der Waals surface area contributed by atoms with Gasteiger partial charge in [-0.15, -0.1) is 5.10 Å². The largest absolute Gasteiger partial charge is 0.378 e. The first-order valence-electron chi connectivity index (χ1n) is 8.35. The van der Waals surface area contributed by atoms with Gasteiger partial charge in [0.1, 0.15) is 0 Å². The summed E-state index contributed by atoms with van der Waals surface area (Å²) in [6.07, 6.45) is 1.86. The van der Waals surface area contributed by atoms with E-state index < -0.39 is 5.91 Å². The molecule has 0 aliphatic heterocycles. The third kappa shape index (κ3) is 3.64. The molecule has 10 heteroatoms. The van der Waals surface area contributed by atoms with Crippen molar-refractivity contribution in [2.24, 2.45) is 0 Å². The minimum atomic E-state index is -0.435. The molecule has 3 aromatic rings. The molecule has 0 saturated carbocycles. The van der Waals surface area contributed by atoms with Gasteiger partial charge in [0.2, 0.25) is 11.6 Å². The summed E-state index contributed by atoms with van der Waals surface area (Å²) in [6, 6.07) is 9.63. The van der Waals surface area contributed by atoms with Gasteiger partial charge < -0.3 is 5.73 Å². The lowest BCUT2D eigenvalue weighted by Gasteiger charge is -2.13. The lowest BCUT2D eigenvalue weighted by Crippen LogP contribution is -2.37. The van der Waals surface area contributed by atoms with E-state index in [-0.39, 0.29) is 23.2 Å². The summed E-state index contributed by atoms with van der Waals surface area (Å²) in [6.45, 7) is 5.69. The zero-order valence-corrected chi connectivity index (χ0v) is 15.2. The highest BCUT2D eigenvalue weighted by atomic mass is 16.6. The third-order valence-electron chi connectivity index (χ3n) is 3.85. The topological polar surface area (TPSA) is 137 Å². The maximum absolute atomic E-state index is 12.7. The summed E-state index contributed by atoms with van der Waals surface area (Å²) in [5, 5.41) is 15.2. The van der Waals surface area contributed by atoms with Crippen molar-refractivity contribution in [2.75, 3.05) is 5.73 Å². The Kier molecular flexibility index (Phi) is 5.15. The Morgan fingerprint density at radius 3 is 2.56 bits per heavy atom. The van der Waals surface area contributed by atoms with Crippen molar-refractivity contribution in [3.8, 4) is 5.82 Å². The molecule has 0 bridgehead atoms. The number of benzene rings is 1. The molecule has 1 amide bonds. The SMILES string of the molecule is C/C=C(\NNC(=O)c1nnn(-c2nonc2N)c1C(C)C)c1ccccc1. The second-order valence-electron chi connectivity index (χ2n) is 6.01. The monoisotopic (exact) mass is 368 g/mol. The van der Waals surface area contributed by atoms with Crippen LogP contribution in [-0.2, 0) is 0 Å². The first kappa shape index (κ1) is 18.1. The lowest BCUT2D eigenvalue weighted by atomic mass is 10.1. The fourth-order valence-corrected chi connectivity index (χ4v) is 2.58. The normalized spacial score (nSPS) is 11.6. The van der Waals surface area contributed by atoms with Gasteiger partial charge in [0.05, 0.1) is 11.4 Å². The van der Waals surface area contributed by atoms with Crippen molar-refractivity contribution < 1.29 is 9.42 Å². The highest BCUT2D eigenvalue weighted by Gasteiger charge is 2.25. The number of hydrazine groups is 1. The number of nitrogens with two attached hydrogens (primary N) is 1. The summed E-state index contributed by atoms with van der Waals surface area (Å²) in [5.41, 5.74) is 13.7. The summed E-state index contributed by atoms with van der Waals surface area (Å²) >= 11 is 0. The van der Waals surface area contributed by atoms with E-state index >= 15 is 0 Å². The quantitative estimate of drug-likeness (QED) is 0.559. The standard InChI is InChI=1S/C17H20N8O2/c1-4-12(11-8-6-5-7-9-11)19-21-17(26)13-14(10(2)3)25(24-20-13)16-15(18)22-27-23-16/h4-10,19H,1-3H3,(H2,18,22)(H,21,26)/b12-4-. The molecular weight excluding hydrogens is 348 g/mol. The second-order valence-corrected chi connectivity index (χ2v) is 6.01. The van der Waals surface area contributed by atoms with Gasteiger partial charge in [-0.1, -0.05) is 55.5 Å². The van der Waals surface area contributed by atoms with Crippen molar-refractivity contribution in [3.63, 3.8) is 0 Å². The van der Waals surface area contributed by atoms with E-state index in [4.69, 9.17) is 5.73 Å². The summed E-state index contributed by atoms with van der Waals surface area (Å²) in [7, 11) is 0.